The van der Waals surface area contributed by atoms with Gasteiger partial charge in [0, 0.05) is 5.56 Å². The van der Waals surface area contributed by atoms with E-state index >= 15 is 0 Å². The first-order valence-corrected chi connectivity index (χ1v) is 3.90. The van der Waals surface area contributed by atoms with Crippen molar-refractivity contribution in [3.63, 3.8) is 0 Å². The van der Waals surface area contributed by atoms with E-state index in [1.807, 2.05) is 0 Å². The van der Waals surface area contributed by atoms with Gasteiger partial charge >= 0.3 is 5.97 Å². The monoisotopic (exact) mass is 212 g/mol. The lowest BCUT2D eigenvalue weighted by Gasteiger charge is -2.00. The summed E-state index contributed by atoms with van der Waals surface area (Å²) in [5.41, 5.74) is -0.916. The summed E-state index contributed by atoms with van der Waals surface area (Å²) in [5, 5.41) is 8.48. The van der Waals surface area contributed by atoms with E-state index in [2.05, 4.69) is 0 Å². The molecule has 1 N–H and O–H groups in total. The van der Waals surface area contributed by atoms with Crippen molar-refractivity contribution < 1.29 is 23.5 Å². The zero-order valence-corrected chi connectivity index (χ0v) is 7.41. The van der Waals surface area contributed by atoms with Crippen molar-refractivity contribution >= 4 is 18.3 Å². The van der Waals surface area contributed by atoms with Crippen molar-refractivity contribution in [3.05, 3.63) is 41.0 Å². The molecular weight excluding hydrogens is 206 g/mol. The Bertz CT molecular complexity index is 439. The van der Waals surface area contributed by atoms with E-state index in [1.54, 1.807) is 0 Å². The summed E-state index contributed by atoms with van der Waals surface area (Å²) in [5.74, 6) is -3.49. The minimum Gasteiger partial charge on any atom is -0.478 e. The van der Waals surface area contributed by atoms with Gasteiger partial charge in [-0.05, 0) is 24.3 Å². The highest BCUT2D eigenvalue weighted by molar-refractivity contribution is 5.88. The molecule has 0 saturated heterocycles. The maximum atomic E-state index is 13.1. The second kappa shape index (κ2) is 4.45. The Hall–Kier alpha value is -2.04. The van der Waals surface area contributed by atoms with Crippen LogP contribution in [0.15, 0.2) is 18.2 Å². The largest absolute Gasteiger partial charge is 0.478 e. The summed E-state index contributed by atoms with van der Waals surface area (Å²) < 4.78 is 26.2. The number of hydrogen-bond acceptors (Lipinski definition) is 2. The van der Waals surface area contributed by atoms with Crippen LogP contribution in [-0.4, -0.2) is 17.4 Å². The molecule has 0 spiro atoms. The van der Waals surface area contributed by atoms with E-state index in [9.17, 15) is 18.4 Å². The molecule has 0 fully saturated rings. The fourth-order valence-corrected chi connectivity index (χ4v) is 0.997. The topological polar surface area (TPSA) is 54.4 Å². The van der Waals surface area contributed by atoms with Crippen LogP contribution in [0.3, 0.4) is 0 Å². The minimum absolute atomic E-state index is 0.176. The zero-order chi connectivity index (χ0) is 11.4. The summed E-state index contributed by atoms with van der Waals surface area (Å²) in [6, 6.07) is 1.29. The molecule has 0 atom stereocenters. The third-order valence-corrected chi connectivity index (χ3v) is 1.67. The maximum absolute atomic E-state index is 13.1. The number of aromatic carboxylic acids is 1. The van der Waals surface area contributed by atoms with Crippen molar-refractivity contribution in [2.24, 2.45) is 0 Å². The van der Waals surface area contributed by atoms with Gasteiger partial charge in [0.25, 0.3) is 0 Å². The van der Waals surface area contributed by atoms with Crippen molar-refractivity contribution in [2.75, 3.05) is 0 Å². The van der Waals surface area contributed by atoms with Gasteiger partial charge in [-0.1, -0.05) is 0 Å². The molecule has 0 heterocycles. The van der Waals surface area contributed by atoms with Crippen molar-refractivity contribution in [1.82, 2.24) is 0 Å². The van der Waals surface area contributed by atoms with Crippen molar-refractivity contribution in [3.8, 4) is 0 Å². The third kappa shape index (κ3) is 2.46. The summed E-state index contributed by atoms with van der Waals surface area (Å²) in [6.45, 7) is 0. The smallest absolute Gasteiger partial charge is 0.338 e. The summed E-state index contributed by atoms with van der Waals surface area (Å²) in [7, 11) is 0. The second-order valence-corrected chi connectivity index (χ2v) is 2.65. The molecule has 0 unspecified atom stereocenters. The lowest BCUT2D eigenvalue weighted by molar-refractivity contribution is -0.104. The van der Waals surface area contributed by atoms with Gasteiger partial charge in [0.1, 0.15) is 17.9 Å². The predicted octanol–water partition coefficient (Wildman–Crippen LogP) is 1.88. The normalized spacial score (nSPS) is 10.5. The van der Waals surface area contributed by atoms with Gasteiger partial charge in [-0.3, -0.25) is 4.79 Å². The molecule has 0 aromatic heterocycles. The highest BCUT2D eigenvalue weighted by Crippen LogP contribution is 2.16. The first kappa shape index (κ1) is 11.0. The molecule has 0 radical (unpaired) electrons. The average molecular weight is 212 g/mol. The highest BCUT2D eigenvalue weighted by Gasteiger charge is 2.13. The molecule has 0 bridgehead atoms. The van der Waals surface area contributed by atoms with Gasteiger partial charge in [-0.15, -0.1) is 0 Å². The van der Waals surface area contributed by atoms with E-state index < -0.39 is 23.2 Å². The van der Waals surface area contributed by atoms with Crippen LogP contribution in [0.4, 0.5) is 8.78 Å². The van der Waals surface area contributed by atoms with Crippen molar-refractivity contribution in [1.29, 1.82) is 0 Å². The van der Waals surface area contributed by atoms with Gasteiger partial charge < -0.3 is 5.11 Å². The van der Waals surface area contributed by atoms with Gasteiger partial charge in [0.2, 0.25) is 0 Å². The van der Waals surface area contributed by atoms with E-state index in [0.29, 0.717) is 12.4 Å². The molecule has 0 amide bonds. The van der Waals surface area contributed by atoms with Crippen LogP contribution in [0.5, 0.6) is 0 Å². The number of carbonyl (C=O) groups excluding carboxylic acids is 1. The first-order chi connectivity index (χ1) is 7.06. The fourth-order valence-electron chi connectivity index (χ4n) is 0.997. The number of carboxylic acid groups (broad SMARTS) is 1. The Labute approximate surface area is 83.6 Å². The third-order valence-electron chi connectivity index (χ3n) is 1.67. The van der Waals surface area contributed by atoms with E-state index in [-0.39, 0.29) is 5.56 Å². The van der Waals surface area contributed by atoms with Crippen LogP contribution < -0.4 is 0 Å². The predicted molar refractivity (Wildman–Crippen MR) is 48.4 cm³/mol. The molecule has 0 aliphatic carbocycles. The number of carboxylic acids is 1. The van der Waals surface area contributed by atoms with Crippen molar-refractivity contribution in [2.45, 2.75) is 0 Å². The number of rotatable bonds is 3. The van der Waals surface area contributed by atoms with Crippen LogP contribution >= 0.6 is 0 Å². The lowest BCUT2D eigenvalue weighted by Crippen LogP contribution is -2.02. The highest BCUT2D eigenvalue weighted by atomic mass is 19.1. The summed E-state index contributed by atoms with van der Waals surface area (Å²) >= 11 is 0. The first-order valence-electron chi connectivity index (χ1n) is 3.90. The Morgan fingerprint density at radius 3 is 2.47 bits per heavy atom. The quantitative estimate of drug-likeness (QED) is 0.614. The fraction of sp³-hybridized carbons (Fsp3) is 0. The standard InChI is InChI=1S/C10H6F2O3/c11-8-5-7(10(14)15)9(12)4-6(8)2-1-3-13/h1-5H,(H,14,15). The molecule has 0 saturated carbocycles. The number of hydrogen-bond donors (Lipinski definition) is 1. The van der Waals surface area contributed by atoms with Crippen LogP contribution in [0.1, 0.15) is 15.9 Å². The van der Waals surface area contributed by atoms with Gasteiger partial charge in [0.15, 0.2) is 0 Å². The maximum Gasteiger partial charge on any atom is 0.338 e. The van der Waals surface area contributed by atoms with E-state index in [0.717, 1.165) is 18.2 Å². The molecule has 3 nitrogen and oxygen atoms in total. The molecule has 1 aromatic rings. The Kier molecular flexibility index (Phi) is 3.28. The molecule has 1 rings (SSSR count). The molecular formula is C10H6F2O3. The summed E-state index contributed by atoms with van der Waals surface area (Å²) in [6.07, 6.45) is 2.44. The minimum atomic E-state index is -1.54. The van der Waals surface area contributed by atoms with Gasteiger partial charge in [-0.25, -0.2) is 13.6 Å². The number of carbonyl (C=O) groups is 2. The summed E-state index contributed by atoms with van der Waals surface area (Å²) in [4.78, 5) is 20.4. The average Bonchev–Trinajstić information content (AvgIpc) is 2.18. The van der Waals surface area contributed by atoms with E-state index in [1.165, 1.54) is 0 Å². The van der Waals surface area contributed by atoms with Crippen LogP contribution in [0.25, 0.3) is 6.08 Å². The number of aldehydes is 1. The molecule has 5 heteroatoms. The molecule has 1 aromatic carbocycles. The molecule has 15 heavy (non-hydrogen) atoms. The number of benzene rings is 1. The molecule has 0 aliphatic heterocycles. The van der Waals surface area contributed by atoms with Gasteiger partial charge in [-0.2, -0.15) is 0 Å². The van der Waals surface area contributed by atoms with Gasteiger partial charge in [0.05, 0.1) is 5.56 Å². The SMILES string of the molecule is O=CC=Cc1cc(F)c(C(=O)O)cc1F. The Morgan fingerprint density at radius 2 is 1.93 bits per heavy atom. The Morgan fingerprint density at radius 1 is 1.27 bits per heavy atom. The van der Waals surface area contributed by atoms with Crippen LogP contribution in [0.2, 0.25) is 0 Å². The number of halogens is 2. The lowest BCUT2D eigenvalue weighted by atomic mass is 10.1. The zero-order valence-electron chi connectivity index (χ0n) is 7.41. The second-order valence-electron chi connectivity index (χ2n) is 2.65. The number of allylic oxidation sites excluding steroid dienone is 1. The van der Waals surface area contributed by atoms with Crippen LogP contribution in [0, 0.1) is 11.6 Å². The Balaban J connectivity index is 3.25. The molecule has 78 valence electrons. The van der Waals surface area contributed by atoms with Crippen LogP contribution in [-0.2, 0) is 4.79 Å². The molecule has 0 aliphatic rings. The van der Waals surface area contributed by atoms with E-state index in [4.69, 9.17) is 5.11 Å².